The number of aliphatic hydroxyl groups is 1. The maximum Gasteiger partial charge on any atom is 0.410 e. The fraction of sp³-hybridized carbons (Fsp3) is 0.564. The van der Waals surface area contributed by atoms with Gasteiger partial charge in [-0.25, -0.2) is 19.7 Å². The lowest BCUT2D eigenvalue weighted by Gasteiger charge is -2.43. The molecule has 1 atom stereocenters. The van der Waals surface area contributed by atoms with Gasteiger partial charge in [0.05, 0.1) is 31.5 Å². The van der Waals surface area contributed by atoms with E-state index in [0.717, 1.165) is 34.7 Å². The van der Waals surface area contributed by atoms with Crippen LogP contribution in [0.15, 0.2) is 54.9 Å². The molecule has 1 aliphatic heterocycles. The highest BCUT2D eigenvalue weighted by Crippen LogP contribution is 2.54. The molecule has 4 rings (SSSR count). The molecule has 53 heavy (non-hydrogen) atoms. The minimum Gasteiger partial charge on any atom is -0.444 e. The van der Waals surface area contributed by atoms with Crippen molar-refractivity contribution in [2.75, 3.05) is 82.7 Å². The Kier molecular flexibility index (Phi) is 14.1. The number of rotatable bonds is 14. The number of aromatic nitrogens is 3. The summed E-state index contributed by atoms with van der Waals surface area (Å²) in [5.41, 5.74) is 3.02. The Morgan fingerprint density at radius 3 is 2.43 bits per heavy atom. The highest BCUT2D eigenvalue weighted by molar-refractivity contribution is 8.29. The van der Waals surface area contributed by atoms with Gasteiger partial charge in [0.1, 0.15) is 11.4 Å². The number of hydrogen-bond donors (Lipinski definition) is 2. The van der Waals surface area contributed by atoms with E-state index in [4.69, 9.17) is 13.9 Å². The topological polar surface area (TPSA) is 136 Å². The largest absolute Gasteiger partial charge is 0.444 e. The van der Waals surface area contributed by atoms with Gasteiger partial charge in [-0.1, -0.05) is 32.9 Å². The van der Waals surface area contributed by atoms with E-state index in [0.29, 0.717) is 45.3 Å². The summed E-state index contributed by atoms with van der Waals surface area (Å²) in [6.07, 6.45) is 8.31. The minimum atomic E-state index is -1.23. The van der Waals surface area contributed by atoms with Crippen LogP contribution in [0.3, 0.4) is 0 Å². The molecule has 2 amide bonds. The first-order valence-corrected chi connectivity index (χ1v) is 20.5. The average molecular weight is 753 g/mol. The number of aliphatic hydroxyl groups excluding tert-OH is 1. The van der Waals surface area contributed by atoms with Gasteiger partial charge >= 0.3 is 6.09 Å². The summed E-state index contributed by atoms with van der Waals surface area (Å²) >= 11 is 0. The summed E-state index contributed by atoms with van der Waals surface area (Å²) in [5.74, 6) is 1.29. The summed E-state index contributed by atoms with van der Waals surface area (Å²) in [4.78, 5) is 46.8. The molecule has 292 valence electrons. The SMILES string of the molecule is CN(CCCN(C)c1ccc(-c2ccnc(Nc3cccc(COS(C)(C)C(C)(C)C)c3)n2)cn1)C(=O)CN1CCN(C(=O)OC(C)(C)C)CC1CO. The van der Waals surface area contributed by atoms with Gasteiger partial charge in [-0.05, 0) is 75.6 Å². The van der Waals surface area contributed by atoms with Crippen LogP contribution in [-0.4, -0.2) is 136 Å². The molecule has 1 fully saturated rings. The summed E-state index contributed by atoms with van der Waals surface area (Å²) < 4.78 is 11.9. The van der Waals surface area contributed by atoms with Gasteiger partial charge in [-0.15, -0.1) is 10.3 Å². The Balaban J connectivity index is 1.24. The summed E-state index contributed by atoms with van der Waals surface area (Å²) in [5, 5.41) is 13.3. The monoisotopic (exact) mass is 752 g/mol. The second-order valence-corrected chi connectivity index (χ2v) is 19.9. The zero-order valence-electron chi connectivity index (χ0n) is 33.3. The van der Waals surface area contributed by atoms with Crippen molar-refractivity contribution in [2.24, 2.45) is 0 Å². The van der Waals surface area contributed by atoms with Crippen LogP contribution in [0, 0.1) is 0 Å². The molecule has 1 saturated heterocycles. The number of likely N-dealkylation sites (N-methyl/N-ethyl adjacent to an activating group) is 1. The lowest BCUT2D eigenvalue weighted by molar-refractivity contribution is -0.132. The van der Waals surface area contributed by atoms with Crippen molar-refractivity contribution in [3.05, 3.63) is 60.4 Å². The fourth-order valence-electron chi connectivity index (χ4n) is 5.45. The lowest BCUT2D eigenvalue weighted by Crippen LogP contribution is -2.58. The number of amides is 2. The van der Waals surface area contributed by atoms with Crippen molar-refractivity contribution in [3.63, 3.8) is 0 Å². The molecule has 0 bridgehead atoms. The van der Waals surface area contributed by atoms with E-state index in [9.17, 15) is 14.7 Å². The molecule has 2 N–H and O–H groups in total. The number of nitrogens with one attached hydrogen (secondary N) is 1. The molecule has 14 heteroatoms. The number of carbonyl (C=O) groups is 2. The lowest BCUT2D eigenvalue weighted by atomic mass is 10.1. The van der Waals surface area contributed by atoms with Crippen molar-refractivity contribution in [1.29, 1.82) is 0 Å². The number of pyridine rings is 1. The summed E-state index contributed by atoms with van der Waals surface area (Å²) in [6, 6.07) is 13.6. The molecule has 2 aromatic heterocycles. The molecular formula is C39H60N8O5S. The molecule has 1 unspecified atom stereocenters. The Morgan fingerprint density at radius 1 is 1.02 bits per heavy atom. The third-order valence-corrected chi connectivity index (χ3v) is 13.1. The number of benzene rings is 1. The molecule has 1 aliphatic rings. The summed E-state index contributed by atoms with van der Waals surface area (Å²) in [6.45, 7) is 15.2. The molecule has 0 spiro atoms. The zero-order chi connectivity index (χ0) is 39.0. The van der Waals surface area contributed by atoms with Gasteiger partial charge in [0.15, 0.2) is 0 Å². The standard InChI is InChI=1S/C39H60N8O5S/c1-38(2,3)52-37(50)47-22-21-46(32(25-47)27-48)26-35(49)45(8)20-12-19-44(7)34-16-15-30(24-41-34)33-17-18-40-36(43-33)42-31-14-11-13-29(23-31)28-51-53(9,10)39(4,5)6/h11,13-18,23-24,32,48H,12,19-22,25-28H2,1-10H3,(H,40,42,43). The Morgan fingerprint density at radius 2 is 1.77 bits per heavy atom. The molecule has 3 heterocycles. The molecule has 0 aliphatic carbocycles. The first kappa shape index (κ1) is 41.8. The predicted molar refractivity (Wildman–Crippen MR) is 215 cm³/mol. The Hall–Kier alpha value is -3.98. The normalized spacial score (nSPS) is 15.9. The van der Waals surface area contributed by atoms with E-state index >= 15 is 0 Å². The van der Waals surface area contributed by atoms with Crippen LogP contribution in [0.25, 0.3) is 11.3 Å². The van der Waals surface area contributed by atoms with Crippen molar-refractivity contribution >= 4 is 39.8 Å². The van der Waals surface area contributed by atoms with Gasteiger partial charge < -0.3 is 34.0 Å². The molecule has 0 radical (unpaired) electrons. The Bertz CT molecular complexity index is 1660. The Labute approximate surface area is 317 Å². The number of piperazine rings is 1. The molecule has 0 saturated carbocycles. The second kappa shape index (κ2) is 17.9. The van der Waals surface area contributed by atoms with Crippen LogP contribution >= 0.6 is 10.3 Å². The zero-order valence-corrected chi connectivity index (χ0v) is 34.1. The highest BCUT2D eigenvalue weighted by Gasteiger charge is 2.33. The molecule has 1 aromatic carbocycles. The van der Waals surface area contributed by atoms with E-state index in [1.807, 2.05) is 69.2 Å². The quantitative estimate of drug-likeness (QED) is 0.208. The first-order valence-electron chi connectivity index (χ1n) is 18.2. The van der Waals surface area contributed by atoms with Gasteiger partial charge in [0.2, 0.25) is 11.9 Å². The van der Waals surface area contributed by atoms with E-state index in [2.05, 4.69) is 65.6 Å². The van der Waals surface area contributed by atoms with Gasteiger partial charge in [0, 0.05) is 75.2 Å². The summed E-state index contributed by atoms with van der Waals surface area (Å²) in [7, 11) is 2.56. The van der Waals surface area contributed by atoms with Crippen molar-refractivity contribution < 1.29 is 23.6 Å². The van der Waals surface area contributed by atoms with Crippen molar-refractivity contribution in [3.8, 4) is 11.3 Å². The fourth-order valence-corrected chi connectivity index (χ4v) is 6.23. The number of hydrogen-bond acceptors (Lipinski definition) is 11. The molecule has 13 nitrogen and oxygen atoms in total. The van der Waals surface area contributed by atoms with E-state index in [1.165, 1.54) is 0 Å². The predicted octanol–water partition coefficient (Wildman–Crippen LogP) is 5.77. The van der Waals surface area contributed by atoms with Crippen LogP contribution in [0.5, 0.6) is 0 Å². The number of ether oxygens (including phenoxy) is 1. The minimum absolute atomic E-state index is 0.0271. The van der Waals surface area contributed by atoms with Crippen molar-refractivity contribution in [1.82, 2.24) is 29.7 Å². The van der Waals surface area contributed by atoms with Crippen molar-refractivity contribution in [2.45, 2.75) is 71.0 Å². The number of nitrogens with zero attached hydrogens (tertiary/aromatic N) is 7. The second-order valence-electron chi connectivity index (χ2n) is 15.9. The maximum absolute atomic E-state index is 13.1. The maximum atomic E-state index is 13.1. The molecular weight excluding hydrogens is 693 g/mol. The van der Waals surface area contributed by atoms with E-state index < -0.39 is 22.0 Å². The number of anilines is 3. The van der Waals surface area contributed by atoms with Crippen LogP contribution in [0.1, 0.15) is 53.5 Å². The third kappa shape index (κ3) is 12.3. The third-order valence-electron chi connectivity index (χ3n) is 9.49. The van der Waals surface area contributed by atoms with Crippen LogP contribution in [0.2, 0.25) is 0 Å². The smallest absolute Gasteiger partial charge is 0.410 e. The number of carbonyl (C=O) groups excluding carboxylic acids is 2. The van der Waals surface area contributed by atoms with E-state index in [1.54, 1.807) is 23.0 Å². The van der Waals surface area contributed by atoms with Crippen LogP contribution < -0.4 is 10.2 Å². The molecule has 3 aromatic rings. The van der Waals surface area contributed by atoms with Gasteiger partial charge in [-0.2, -0.15) is 0 Å². The average Bonchev–Trinajstić information content (AvgIpc) is 3.10. The van der Waals surface area contributed by atoms with Gasteiger partial charge in [0.25, 0.3) is 0 Å². The van der Waals surface area contributed by atoms with Crippen LogP contribution in [-0.2, 0) is 20.3 Å². The van der Waals surface area contributed by atoms with E-state index in [-0.39, 0.29) is 29.8 Å². The van der Waals surface area contributed by atoms with Crippen LogP contribution in [0.4, 0.5) is 22.2 Å². The first-order chi connectivity index (χ1) is 24.8. The highest BCUT2D eigenvalue weighted by atomic mass is 32.3. The van der Waals surface area contributed by atoms with Gasteiger partial charge in [-0.3, -0.25) is 9.69 Å².